The Balaban J connectivity index is 2.59. The minimum Gasteiger partial charge on any atom is -0.493 e. The molecule has 6 heteroatoms. The zero-order valence-electron chi connectivity index (χ0n) is 11.7. The van der Waals surface area contributed by atoms with Crippen LogP contribution in [0.1, 0.15) is 24.2 Å². The Morgan fingerprint density at radius 2 is 2.00 bits per heavy atom. The van der Waals surface area contributed by atoms with E-state index in [0.717, 1.165) is 17.8 Å². The van der Waals surface area contributed by atoms with Crippen molar-refractivity contribution in [3.8, 4) is 5.75 Å². The first-order chi connectivity index (χ1) is 9.60. The van der Waals surface area contributed by atoms with Gasteiger partial charge in [-0.3, -0.25) is 4.68 Å². The van der Waals surface area contributed by atoms with Gasteiger partial charge in [0.1, 0.15) is 5.69 Å². The molecule has 1 N–H and O–H groups in total. The fourth-order valence-corrected chi connectivity index (χ4v) is 2.85. The fraction of sp³-hybridized carbons (Fsp3) is 0.357. The van der Waals surface area contributed by atoms with E-state index in [-0.39, 0.29) is 6.04 Å². The monoisotopic (exact) mass is 313 g/mol. The number of benzene rings is 1. The fourth-order valence-electron chi connectivity index (χ4n) is 2.24. The maximum Gasteiger partial charge on any atom is 0.161 e. The Morgan fingerprint density at radius 3 is 2.55 bits per heavy atom. The largest absolute Gasteiger partial charge is 0.493 e. The van der Waals surface area contributed by atoms with Gasteiger partial charge >= 0.3 is 0 Å². The molecule has 2 rings (SSSR count). The van der Waals surface area contributed by atoms with Crippen LogP contribution in [0, 0.1) is 0 Å². The number of aryl methyl sites for hydroxylation is 1. The van der Waals surface area contributed by atoms with Gasteiger partial charge in [0, 0.05) is 22.7 Å². The Kier molecular flexibility index (Phi) is 4.91. The van der Waals surface area contributed by atoms with Crippen molar-refractivity contribution in [3.05, 3.63) is 45.7 Å². The Bertz CT molecular complexity index is 578. The normalized spacial score (nSPS) is 12.4. The van der Waals surface area contributed by atoms with E-state index in [1.54, 1.807) is 18.0 Å². The average molecular weight is 314 g/mol. The van der Waals surface area contributed by atoms with Crippen LogP contribution in [0.2, 0.25) is 10.0 Å². The maximum atomic E-state index is 6.33. The number of rotatable bonds is 5. The van der Waals surface area contributed by atoms with E-state index in [0.29, 0.717) is 15.8 Å². The molecule has 0 fully saturated rings. The molecule has 1 unspecified atom stereocenters. The first-order valence-corrected chi connectivity index (χ1v) is 7.08. The molecule has 1 atom stereocenters. The van der Waals surface area contributed by atoms with Crippen LogP contribution in [-0.2, 0) is 7.05 Å². The molecule has 0 radical (unpaired) electrons. The number of aromatic nitrogens is 2. The van der Waals surface area contributed by atoms with Gasteiger partial charge < -0.3 is 10.1 Å². The van der Waals surface area contributed by atoms with Crippen molar-refractivity contribution >= 4 is 23.2 Å². The number of nitrogens with zero attached hydrogens (tertiary/aromatic N) is 2. The molecule has 0 bridgehead atoms. The number of ether oxygens (including phenoxy) is 1. The van der Waals surface area contributed by atoms with E-state index < -0.39 is 0 Å². The summed E-state index contributed by atoms with van der Waals surface area (Å²) in [6.45, 7) is 2.79. The molecule has 20 heavy (non-hydrogen) atoms. The summed E-state index contributed by atoms with van der Waals surface area (Å²) in [5.41, 5.74) is 1.73. The van der Waals surface area contributed by atoms with Gasteiger partial charge in [0.05, 0.1) is 19.3 Å². The second kappa shape index (κ2) is 6.48. The molecular weight excluding hydrogens is 297 g/mol. The summed E-state index contributed by atoms with van der Waals surface area (Å²) in [5.74, 6) is 0.703. The van der Waals surface area contributed by atoms with Gasteiger partial charge in [-0.1, -0.05) is 36.2 Å². The van der Waals surface area contributed by atoms with Gasteiger partial charge in [0.2, 0.25) is 0 Å². The Labute approximate surface area is 128 Å². The van der Waals surface area contributed by atoms with E-state index in [1.165, 1.54) is 0 Å². The lowest BCUT2D eigenvalue weighted by atomic mass is 10.0. The third kappa shape index (κ3) is 2.77. The zero-order chi connectivity index (χ0) is 14.7. The first-order valence-electron chi connectivity index (χ1n) is 6.33. The molecule has 108 valence electrons. The lowest BCUT2D eigenvalue weighted by molar-refractivity contribution is 0.401. The van der Waals surface area contributed by atoms with Crippen molar-refractivity contribution in [2.24, 2.45) is 7.05 Å². The van der Waals surface area contributed by atoms with Gasteiger partial charge in [-0.25, -0.2) is 0 Å². The summed E-state index contributed by atoms with van der Waals surface area (Å²) in [7, 11) is 3.49. The molecule has 4 nitrogen and oxygen atoms in total. The van der Waals surface area contributed by atoms with Gasteiger partial charge in [-0.15, -0.1) is 0 Å². The smallest absolute Gasteiger partial charge is 0.161 e. The highest BCUT2D eigenvalue weighted by atomic mass is 35.5. The van der Waals surface area contributed by atoms with Crippen LogP contribution in [-0.4, -0.2) is 23.4 Å². The zero-order valence-corrected chi connectivity index (χ0v) is 13.2. The molecule has 1 heterocycles. The minimum atomic E-state index is -0.177. The summed E-state index contributed by atoms with van der Waals surface area (Å²) in [6.07, 6.45) is 1.68. The van der Waals surface area contributed by atoms with Crippen molar-refractivity contribution in [2.75, 3.05) is 13.7 Å². The van der Waals surface area contributed by atoms with E-state index in [2.05, 4.69) is 10.4 Å². The van der Waals surface area contributed by atoms with Gasteiger partial charge in [-0.2, -0.15) is 5.10 Å². The quantitative estimate of drug-likeness (QED) is 0.919. The average Bonchev–Trinajstić information content (AvgIpc) is 2.78. The molecule has 0 aliphatic carbocycles. The molecule has 1 aromatic heterocycles. The van der Waals surface area contributed by atoms with Crippen molar-refractivity contribution < 1.29 is 4.74 Å². The third-order valence-electron chi connectivity index (χ3n) is 3.14. The summed E-state index contributed by atoms with van der Waals surface area (Å²) >= 11 is 12.7. The van der Waals surface area contributed by atoms with Crippen LogP contribution >= 0.6 is 23.2 Å². The van der Waals surface area contributed by atoms with Crippen molar-refractivity contribution in [1.29, 1.82) is 0 Å². The van der Waals surface area contributed by atoms with Gasteiger partial charge in [-0.05, 0) is 18.7 Å². The van der Waals surface area contributed by atoms with Crippen LogP contribution in [0.15, 0.2) is 24.4 Å². The number of halogens is 2. The molecule has 0 aliphatic heterocycles. The highest BCUT2D eigenvalue weighted by molar-refractivity contribution is 6.36. The van der Waals surface area contributed by atoms with Crippen LogP contribution in [0.3, 0.4) is 0 Å². The maximum absolute atomic E-state index is 6.33. The Hall–Kier alpha value is -1.23. The van der Waals surface area contributed by atoms with E-state index in [9.17, 15) is 0 Å². The predicted octanol–water partition coefficient (Wildman–Crippen LogP) is 3.43. The molecular formula is C14H17Cl2N3O. The third-order valence-corrected chi connectivity index (χ3v) is 3.80. The van der Waals surface area contributed by atoms with E-state index >= 15 is 0 Å². The van der Waals surface area contributed by atoms with Crippen LogP contribution in [0.4, 0.5) is 0 Å². The minimum absolute atomic E-state index is 0.177. The summed E-state index contributed by atoms with van der Waals surface area (Å²) in [6, 6.07) is 5.31. The van der Waals surface area contributed by atoms with Gasteiger partial charge in [0.15, 0.2) is 5.75 Å². The standard InChI is InChI=1S/C14H17Cl2N3O/c1-4-17-13(12-9(15)6-5-7-10(12)16)14-11(20-3)8-18-19(14)2/h5-8,13,17H,4H2,1-3H3. The number of nitrogens with one attached hydrogen (secondary N) is 1. The molecule has 0 saturated carbocycles. The highest BCUT2D eigenvalue weighted by Crippen LogP contribution is 2.37. The molecule has 0 amide bonds. The van der Waals surface area contributed by atoms with Crippen molar-refractivity contribution in [3.63, 3.8) is 0 Å². The first kappa shape index (κ1) is 15.2. The number of hydrogen-bond donors (Lipinski definition) is 1. The van der Waals surface area contributed by atoms with Crippen LogP contribution in [0.25, 0.3) is 0 Å². The summed E-state index contributed by atoms with van der Waals surface area (Å²) in [5, 5.41) is 8.86. The van der Waals surface area contributed by atoms with E-state index in [4.69, 9.17) is 27.9 Å². The number of hydrogen-bond acceptors (Lipinski definition) is 3. The predicted molar refractivity (Wildman–Crippen MR) is 81.7 cm³/mol. The number of methoxy groups -OCH3 is 1. The molecule has 1 aromatic carbocycles. The molecule has 2 aromatic rings. The van der Waals surface area contributed by atoms with Crippen LogP contribution in [0.5, 0.6) is 5.75 Å². The molecule has 0 aliphatic rings. The summed E-state index contributed by atoms with van der Waals surface area (Å²) in [4.78, 5) is 0. The lowest BCUT2D eigenvalue weighted by Crippen LogP contribution is -2.25. The second-order valence-electron chi connectivity index (χ2n) is 4.35. The SMILES string of the molecule is CCNC(c1c(Cl)cccc1Cl)c1c(OC)cnn1C. The molecule has 0 spiro atoms. The van der Waals surface area contributed by atoms with E-state index in [1.807, 2.05) is 32.2 Å². The Morgan fingerprint density at radius 1 is 1.35 bits per heavy atom. The van der Waals surface area contributed by atoms with Crippen molar-refractivity contribution in [2.45, 2.75) is 13.0 Å². The second-order valence-corrected chi connectivity index (χ2v) is 5.16. The highest BCUT2D eigenvalue weighted by Gasteiger charge is 2.25. The summed E-state index contributed by atoms with van der Waals surface area (Å²) < 4.78 is 7.15. The van der Waals surface area contributed by atoms with Crippen LogP contribution < -0.4 is 10.1 Å². The van der Waals surface area contributed by atoms with Crippen molar-refractivity contribution in [1.82, 2.24) is 15.1 Å². The van der Waals surface area contributed by atoms with Gasteiger partial charge in [0.25, 0.3) is 0 Å². The topological polar surface area (TPSA) is 39.1 Å². The lowest BCUT2D eigenvalue weighted by Gasteiger charge is -2.22. The molecule has 0 saturated heterocycles.